The van der Waals surface area contributed by atoms with E-state index in [1.165, 1.54) is 6.08 Å². The van der Waals surface area contributed by atoms with Gasteiger partial charge in [-0.25, -0.2) is 5.32 Å². The van der Waals surface area contributed by atoms with Crippen molar-refractivity contribution in [1.29, 1.82) is 0 Å². The molecular formula is C16H13BrN3O2. The van der Waals surface area contributed by atoms with Crippen LogP contribution in [0.4, 0.5) is 0 Å². The smallest absolute Gasteiger partial charge is 0.270 e. The second-order valence-electron chi connectivity index (χ2n) is 4.90. The average molecular weight is 359 g/mol. The molecule has 0 atom stereocenters. The minimum atomic E-state index is -0.322. The Labute approximate surface area is 135 Å². The molecule has 6 heteroatoms. The maximum Gasteiger partial charge on any atom is 0.270 e. The zero-order valence-corrected chi connectivity index (χ0v) is 13.2. The van der Waals surface area contributed by atoms with Crippen molar-refractivity contribution in [3.05, 3.63) is 44.7 Å². The van der Waals surface area contributed by atoms with E-state index in [4.69, 9.17) is 5.73 Å². The zero-order valence-electron chi connectivity index (χ0n) is 11.6. The first-order chi connectivity index (χ1) is 10.6. The standard InChI is InChI=1S/C16H13BrN3O2/c17-10-1-2-11-12(7-10)13(16(22)19-4-3-18)5-9-6-15(21)20-8-14(9)11/h1-2,5-8H,3-4,18H2,(H,19,22). The average Bonchev–Trinajstić information content (AvgIpc) is 2.51. The van der Waals surface area contributed by atoms with Crippen LogP contribution < -0.4 is 26.8 Å². The number of carbonyl (C=O) groups is 2. The highest BCUT2D eigenvalue weighted by Gasteiger charge is 2.14. The van der Waals surface area contributed by atoms with Crippen LogP contribution in [-0.4, -0.2) is 24.9 Å². The monoisotopic (exact) mass is 358 g/mol. The minimum Gasteiger partial charge on any atom is -0.351 e. The third kappa shape index (κ3) is 2.63. The summed E-state index contributed by atoms with van der Waals surface area (Å²) in [5.41, 5.74) is 5.95. The molecule has 3 N–H and O–H groups in total. The Balaban J connectivity index is 2.32. The van der Waals surface area contributed by atoms with E-state index < -0.39 is 0 Å². The fraction of sp³-hybridized carbons (Fsp3) is 0.125. The van der Waals surface area contributed by atoms with Crippen LogP contribution in [0.15, 0.2) is 28.7 Å². The van der Waals surface area contributed by atoms with Crippen molar-refractivity contribution in [3.8, 4) is 0 Å². The lowest BCUT2D eigenvalue weighted by molar-refractivity contribution is -0.114. The SMILES string of the molecule is NCCNC(=O)c1cc2c(c3ccc(Br)cc13)=C[N]C(=O)C=2. The number of carbonyl (C=O) groups excluding carboxylic acids is 2. The number of nitrogens with zero attached hydrogens (tertiary/aromatic N) is 1. The molecule has 0 unspecified atom stereocenters. The van der Waals surface area contributed by atoms with Gasteiger partial charge in [-0.15, -0.1) is 0 Å². The van der Waals surface area contributed by atoms with Gasteiger partial charge in [0.05, 0.1) is 0 Å². The first-order valence-electron chi connectivity index (χ1n) is 6.77. The fourth-order valence-electron chi connectivity index (χ4n) is 2.47. The molecule has 0 saturated carbocycles. The first kappa shape index (κ1) is 14.7. The molecule has 3 rings (SSSR count). The number of hydrogen-bond donors (Lipinski definition) is 2. The molecule has 0 bridgehead atoms. The van der Waals surface area contributed by atoms with E-state index >= 15 is 0 Å². The number of benzene rings is 2. The lowest BCUT2D eigenvalue weighted by atomic mass is 9.99. The summed E-state index contributed by atoms with van der Waals surface area (Å²) in [6.45, 7) is 0.769. The Kier molecular flexibility index (Phi) is 3.96. The Hall–Kier alpha value is -2.18. The molecule has 1 aliphatic rings. The third-order valence-electron chi connectivity index (χ3n) is 3.45. The van der Waals surface area contributed by atoms with Crippen molar-refractivity contribution in [1.82, 2.24) is 10.6 Å². The number of nitrogens with two attached hydrogens (primary N) is 1. The molecule has 1 heterocycles. The lowest BCUT2D eigenvalue weighted by Crippen LogP contribution is -2.36. The number of fused-ring (bicyclic) bond motifs is 3. The van der Waals surface area contributed by atoms with Gasteiger partial charge in [-0.3, -0.25) is 9.59 Å². The van der Waals surface area contributed by atoms with Gasteiger partial charge in [-0.1, -0.05) is 22.0 Å². The van der Waals surface area contributed by atoms with Gasteiger partial charge >= 0.3 is 0 Å². The van der Waals surface area contributed by atoms with E-state index in [2.05, 4.69) is 26.6 Å². The van der Waals surface area contributed by atoms with E-state index in [1.54, 1.807) is 12.3 Å². The second-order valence-corrected chi connectivity index (χ2v) is 5.82. The van der Waals surface area contributed by atoms with E-state index in [-0.39, 0.29) is 11.8 Å². The summed E-state index contributed by atoms with van der Waals surface area (Å²) in [7, 11) is 0. The van der Waals surface area contributed by atoms with Crippen molar-refractivity contribution in [2.45, 2.75) is 0 Å². The van der Waals surface area contributed by atoms with E-state index in [0.717, 1.165) is 20.5 Å². The molecule has 1 radical (unpaired) electrons. The van der Waals surface area contributed by atoms with Gasteiger partial charge in [-0.2, -0.15) is 0 Å². The second kappa shape index (κ2) is 5.90. The molecule has 2 aromatic carbocycles. The highest BCUT2D eigenvalue weighted by Crippen LogP contribution is 2.20. The van der Waals surface area contributed by atoms with Gasteiger partial charge in [0.25, 0.3) is 11.8 Å². The number of hydrogen-bond acceptors (Lipinski definition) is 3. The van der Waals surface area contributed by atoms with Crippen LogP contribution in [-0.2, 0) is 4.79 Å². The molecule has 111 valence electrons. The predicted molar refractivity (Wildman–Crippen MR) is 88.4 cm³/mol. The summed E-state index contributed by atoms with van der Waals surface area (Å²) in [5, 5.41) is 9.82. The zero-order chi connectivity index (χ0) is 15.7. The van der Waals surface area contributed by atoms with Crippen LogP contribution in [0.2, 0.25) is 0 Å². The Morgan fingerprint density at radius 1 is 1.27 bits per heavy atom. The molecular weight excluding hydrogens is 346 g/mol. The van der Waals surface area contributed by atoms with E-state index in [0.29, 0.717) is 23.9 Å². The molecule has 0 saturated heterocycles. The molecule has 2 amide bonds. The van der Waals surface area contributed by atoms with Gasteiger partial charge in [-0.05, 0) is 34.2 Å². The number of amides is 2. The summed E-state index contributed by atoms with van der Waals surface area (Å²) in [5.74, 6) is -0.531. The molecule has 1 aliphatic heterocycles. The molecule has 0 spiro atoms. The van der Waals surface area contributed by atoms with Crippen LogP contribution in [0, 0.1) is 0 Å². The van der Waals surface area contributed by atoms with Crippen molar-refractivity contribution in [2.75, 3.05) is 13.1 Å². The predicted octanol–water partition coefficient (Wildman–Crippen LogP) is -0.0461. The summed E-state index contributed by atoms with van der Waals surface area (Å²) < 4.78 is 0.876. The highest BCUT2D eigenvalue weighted by atomic mass is 79.9. The molecule has 5 nitrogen and oxygen atoms in total. The highest BCUT2D eigenvalue weighted by molar-refractivity contribution is 9.10. The molecule has 2 aromatic rings. The quantitative estimate of drug-likeness (QED) is 0.806. The summed E-state index contributed by atoms with van der Waals surface area (Å²) in [6, 6.07) is 7.42. The van der Waals surface area contributed by atoms with Gasteiger partial charge in [0.15, 0.2) is 0 Å². The largest absolute Gasteiger partial charge is 0.351 e. The Bertz CT molecular complexity index is 906. The molecule has 0 fully saturated rings. The summed E-state index contributed by atoms with van der Waals surface area (Å²) in [6.07, 6.45) is 2.99. The first-order valence-corrected chi connectivity index (χ1v) is 7.57. The van der Waals surface area contributed by atoms with Crippen LogP contribution >= 0.6 is 15.9 Å². The van der Waals surface area contributed by atoms with E-state index in [1.807, 2.05) is 18.2 Å². The third-order valence-corrected chi connectivity index (χ3v) is 3.94. The number of nitrogens with one attached hydrogen (secondary N) is 1. The van der Waals surface area contributed by atoms with Gasteiger partial charge in [0.1, 0.15) is 0 Å². The molecule has 22 heavy (non-hydrogen) atoms. The van der Waals surface area contributed by atoms with Gasteiger partial charge in [0.2, 0.25) is 0 Å². The van der Waals surface area contributed by atoms with Crippen molar-refractivity contribution >= 4 is 50.8 Å². The Morgan fingerprint density at radius 2 is 2.09 bits per heavy atom. The van der Waals surface area contributed by atoms with Crippen LogP contribution in [0.3, 0.4) is 0 Å². The Morgan fingerprint density at radius 3 is 2.86 bits per heavy atom. The van der Waals surface area contributed by atoms with Gasteiger partial charge in [0, 0.05) is 40.6 Å². The van der Waals surface area contributed by atoms with Crippen LogP contribution in [0.25, 0.3) is 23.0 Å². The van der Waals surface area contributed by atoms with Gasteiger partial charge < -0.3 is 11.1 Å². The summed E-state index contributed by atoms with van der Waals surface area (Å²) in [4.78, 5) is 23.9. The van der Waals surface area contributed by atoms with Crippen LogP contribution in [0.5, 0.6) is 0 Å². The van der Waals surface area contributed by atoms with Crippen LogP contribution in [0.1, 0.15) is 10.4 Å². The van der Waals surface area contributed by atoms with Crippen molar-refractivity contribution in [2.24, 2.45) is 5.73 Å². The number of rotatable bonds is 3. The number of halogens is 1. The van der Waals surface area contributed by atoms with E-state index in [9.17, 15) is 9.59 Å². The normalized spacial score (nSPS) is 12.9. The molecule has 0 aliphatic carbocycles. The molecule has 0 aromatic heterocycles. The maximum atomic E-state index is 12.4. The minimum absolute atomic E-state index is 0.209. The topological polar surface area (TPSA) is 86.3 Å². The lowest BCUT2D eigenvalue weighted by Gasteiger charge is -2.11. The van der Waals surface area contributed by atoms with Crippen molar-refractivity contribution in [3.63, 3.8) is 0 Å². The fourth-order valence-corrected chi connectivity index (χ4v) is 2.83. The maximum absolute atomic E-state index is 12.4. The van der Waals surface area contributed by atoms with Crippen molar-refractivity contribution < 1.29 is 9.59 Å². The summed E-state index contributed by atoms with van der Waals surface area (Å²) >= 11 is 3.43.